The summed E-state index contributed by atoms with van der Waals surface area (Å²) >= 11 is 1.40. The predicted octanol–water partition coefficient (Wildman–Crippen LogP) is 5.16. The van der Waals surface area contributed by atoms with Crippen LogP contribution in [0.1, 0.15) is 16.8 Å². The average molecular weight is 488 g/mol. The Labute approximate surface area is 206 Å². The van der Waals surface area contributed by atoms with Gasteiger partial charge in [-0.1, -0.05) is 47.7 Å². The number of benzene rings is 3. The lowest BCUT2D eigenvalue weighted by molar-refractivity contribution is 0.0982. The van der Waals surface area contributed by atoms with Gasteiger partial charge in [-0.3, -0.25) is 9.69 Å². The molecular formula is C27H25N3O4S. The van der Waals surface area contributed by atoms with Crippen molar-refractivity contribution in [2.45, 2.75) is 6.42 Å². The first-order chi connectivity index (χ1) is 17.0. The Balaban J connectivity index is 1.62. The van der Waals surface area contributed by atoms with Crippen LogP contribution in [0, 0.1) is 0 Å². The van der Waals surface area contributed by atoms with E-state index in [-0.39, 0.29) is 5.56 Å². The maximum absolute atomic E-state index is 13.8. The lowest BCUT2D eigenvalue weighted by atomic mass is 10.0. The Morgan fingerprint density at radius 3 is 2.66 bits per heavy atom. The van der Waals surface area contributed by atoms with Crippen molar-refractivity contribution in [3.63, 3.8) is 0 Å². The second kappa shape index (κ2) is 9.48. The van der Waals surface area contributed by atoms with E-state index in [9.17, 15) is 9.59 Å². The smallest absolute Gasteiger partial charge is 0.349 e. The molecule has 0 bridgehead atoms. The van der Waals surface area contributed by atoms with Crippen molar-refractivity contribution in [3.8, 4) is 5.75 Å². The van der Waals surface area contributed by atoms with E-state index in [0.29, 0.717) is 34.9 Å². The molecule has 2 aromatic heterocycles. The van der Waals surface area contributed by atoms with E-state index in [2.05, 4.69) is 4.90 Å². The fourth-order valence-corrected chi connectivity index (χ4v) is 5.19. The molecule has 5 aromatic rings. The van der Waals surface area contributed by atoms with E-state index in [4.69, 9.17) is 14.1 Å². The number of fused-ring (bicyclic) bond motifs is 4. The van der Waals surface area contributed by atoms with Crippen molar-refractivity contribution in [3.05, 3.63) is 76.6 Å². The molecule has 0 aliphatic carbocycles. The van der Waals surface area contributed by atoms with E-state index in [1.54, 1.807) is 24.1 Å². The Morgan fingerprint density at radius 1 is 1.03 bits per heavy atom. The highest BCUT2D eigenvalue weighted by molar-refractivity contribution is 7.22. The average Bonchev–Trinajstić information content (AvgIpc) is 3.29. The van der Waals surface area contributed by atoms with Crippen molar-refractivity contribution in [1.29, 1.82) is 0 Å². The highest BCUT2D eigenvalue weighted by Gasteiger charge is 2.25. The number of carbonyl (C=O) groups excluding carboxylic acids is 1. The van der Waals surface area contributed by atoms with Crippen molar-refractivity contribution in [2.75, 3.05) is 39.2 Å². The number of thiazole rings is 1. The van der Waals surface area contributed by atoms with E-state index >= 15 is 0 Å². The summed E-state index contributed by atoms with van der Waals surface area (Å²) in [5.41, 5.74) is 0.477. The maximum atomic E-state index is 13.8. The third-order valence-corrected chi connectivity index (χ3v) is 6.97. The molecule has 0 aliphatic heterocycles. The van der Waals surface area contributed by atoms with Crippen LogP contribution in [0.4, 0.5) is 5.13 Å². The van der Waals surface area contributed by atoms with Crippen LogP contribution < -0.4 is 15.3 Å². The predicted molar refractivity (Wildman–Crippen MR) is 141 cm³/mol. The second-order valence-corrected chi connectivity index (χ2v) is 9.57. The van der Waals surface area contributed by atoms with Crippen LogP contribution in [0.2, 0.25) is 0 Å². The Bertz CT molecular complexity index is 1610. The molecule has 178 valence electrons. The molecule has 7 nitrogen and oxygen atoms in total. The number of anilines is 1. The quantitative estimate of drug-likeness (QED) is 0.233. The van der Waals surface area contributed by atoms with Crippen molar-refractivity contribution >= 4 is 54.3 Å². The molecule has 1 amide bonds. The van der Waals surface area contributed by atoms with Gasteiger partial charge in [0.05, 0.1) is 11.8 Å². The summed E-state index contributed by atoms with van der Waals surface area (Å²) in [6, 6.07) is 18.8. The van der Waals surface area contributed by atoms with Gasteiger partial charge in [-0.05, 0) is 62.1 Å². The maximum Gasteiger partial charge on any atom is 0.349 e. The van der Waals surface area contributed by atoms with Crippen LogP contribution in [0.25, 0.3) is 32.0 Å². The normalized spacial score (nSPS) is 11.5. The summed E-state index contributed by atoms with van der Waals surface area (Å²) in [4.78, 5) is 35.1. The van der Waals surface area contributed by atoms with E-state index in [1.807, 2.05) is 62.6 Å². The number of nitrogens with zero attached hydrogens (tertiary/aromatic N) is 3. The fraction of sp³-hybridized carbons (Fsp3) is 0.222. The molecule has 0 aliphatic rings. The van der Waals surface area contributed by atoms with Gasteiger partial charge in [0, 0.05) is 11.9 Å². The molecule has 35 heavy (non-hydrogen) atoms. The van der Waals surface area contributed by atoms with Gasteiger partial charge >= 0.3 is 5.63 Å². The minimum Gasteiger partial charge on any atom is -0.494 e. The van der Waals surface area contributed by atoms with Crippen LogP contribution in [-0.2, 0) is 0 Å². The molecule has 0 saturated heterocycles. The van der Waals surface area contributed by atoms with Crippen LogP contribution >= 0.6 is 11.3 Å². The Morgan fingerprint density at radius 2 is 1.86 bits per heavy atom. The highest BCUT2D eigenvalue weighted by Crippen LogP contribution is 2.35. The first-order valence-corrected chi connectivity index (χ1v) is 12.1. The minimum atomic E-state index is -0.658. The summed E-state index contributed by atoms with van der Waals surface area (Å²) in [5, 5.41) is 3.18. The van der Waals surface area contributed by atoms with Crippen molar-refractivity contribution in [1.82, 2.24) is 9.88 Å². The first kappa shape index (κ1) is 23.0. The minimum absolute atomic E-state index is 0.00933. The molecule has 0 atom stereocenters. The number of rotatable bonds is 7. The topological polar surface area (TPSA) is 75.9 Å². The third-order valence-electron chi connectivity index (χ3n) is 5.93. The number of ether oxygens (including phenoxy) is 1. The number of hydrogen-bond acceptors (Lipinski definition) is 7. The van der Waals surface area contributed by atoms with Gasteiger partial charge in [-0.15, -0.1) is 0 Å². The highest BCUT2D eigenvalue weighted by atomic mass is 32.1. The van der Waals surface area contributed by atoms with Gasteiger partial charge in [0.2, 0.25) is 0 Å². The van der Waals surface area contributed by atoms with E-state index < -0.39 is 11.5 Å². The molecule has 8 heteroatoms. The summed E-state index contributed by atoms with van der Waals surface area (Å²) in [6.45, 7) is 1.20. The number of para-hydroxylation sites is 1. The largest absolute Gasteiger partial charge is 0.494 e. The van der Waals surface area contributed by atoms with E-state index in [0.717, 1.165) is 27.4 Å². The molecular weight excluding hydrogens is 462 g/mol. The van der Waals surface area contributed by atoms with E-state index in [1.165, 1.54) is 11.3 Å². The molecule has 0 radical (unpaired) electrons. The lowest BCUT2D eigenvalue weighted by Crippen LogP contribution is -2.36. The zero-order valence-electron chi connectivity index (χ0n) is 19.8. The van der Waals surface area contributed by atoms with Crippen LogP contribution in [0.5, 0.6) is 5.75 Å². The second-order valence-electron chi connectivity index (χ2n) is 8.56. The zero-order chi connectivity index (χ0) is 24.5. The van der Waals surface area contributed by atoms with Crippen LogP contribution in [-0.4, -0.2) is 50.1 Å². The molecule has 0 saturated carbocycles. The molecule has 0 fully saturated rings. The summed E-state index contributed by atoms with van der Waals surface area (Å²) in [5.74, 6) is 0.216. The summed E-state index contributed by atoms with van der Waals surface area (Å²) in [7, 11) is 5.56. The Hall–Kier alpha value is -3.75. The molecule has 2 heterocycles. The molecule has 3 aromatic carbocycles. The van der Waals surface area contributed by atoms with Crippen LogP contribution in [0.15, 0.2) is 69.9 Å². The van der Waals surface area contributed by atoms with Gasteiger partial charge in [0.15, 0.2) is 5.13 Å². The Kier molecular flexibility index (Phi) is 6.23. The molecule has 0 N–H and O–H groups in total. The number of aromatic nitrogens is 1. The standard InChI is InChI=1S/C27H25N3O4S/c1-29(2)14-7-15-30(27-28-24-22(33-3)10-6-11-23(24)35-27)25(31)20-16-19-18-9-5-4-8-17(18)12-13-21(19)34-26(20)32/h4-6,8-13,16H,7,14-15H2,1-3H3. The summed E-state index contributed by atoms with van der Waals surface area (Å²) in [6.07, 6.45) is 0.716. The van der Waals surface area contributed by atoms with Gasteiger partial charge in [0.25, 0.3) is 5.91 Å². The lowest BCUT2D eigenvalue weighted by Gasteiger charge is -2.20. The van der Waals surface area contributed by atoms with Gasteiger partial charge in [0.1, 0.15) is 22.4 Å². The third kappa shape index (κ3) is 4.38. The monoisotopic (exact) mass is 487 g/mol. The number of amides is 1. The number of methoxy groups -OCH3 is 1. The van der Waals surface area contributed by atoms with Crippen molar-refractivity contribution in [2.24, 2.45) is 0 Å². The SMILES string of the molecule is COc1cccc2sc(N(CCCN(C)C)C(=O)c3cc4c(ccc5ccccc54)oc3=O)nc12. The van der Waals surface area contributed by atoms with Crippen LogP contribution in [0.3, 0.4) is 0 Å². The number of carbonyl (C=O) groups is 1. The zero-order valence-corrected chi connectivity index (χ0v) is 20.6. The first-order valence-electron chi connectivity index (χ1n) is 11.3. The summed E-state index contributed by atoms with van der Waals surface area (Å²) < 4.78 is 12.0. The van der Waals surface area contributed by atoms with Gasteiger partial charge in [-0.25, -0.2) is 9.78 Å². The molecule has 5 rings (SSSR count). The molecule has 0 unspecified atom stereocenters. The van der Waals surface area contributed by atoms with Gasteiger partial charge < -0.3 is 14.1 Å². The molecule has 0 spiro atoms. The van der Waals surface area contributed by atoms with Crippen molar-refractivity contribution < 1.29 is 13.9 Å². The number of hydrogen-bond donors (Lipinski definition) is 0. The fourth-order valence-electron chi connectivity index (χ4n) is 4.19. The van der Waals surface area contributed by atoms with Gasteiger partial charge in [-0.2, -0.15) is 0 Å².